The second kappa shape index (κ2) is 6.66. The van der Waals surface area contributed by atoms with Crippen molar-refractivity contribution < 1.29 is 0 Å². The predicted octanol–water partition coefficient (Wildman–Crippen LogP) is 2.67. The molecule has 1 unspecified atom stereocenters. The van der Waals surface area contributed by atoms with Crippen LogP contribution in [0.2, 0.25) is 0 Å². The highest BCUT2D eigenvalue weighted by Crippen LogP contribution is 2.19. The first-order valence-corrected chi connectivity index (χ1v) is 7.22. The molecule has 1 atom stereocenters. The van der Waals surface area contributed by atoms with Gasteiger partial charge < -0.3 is 10.3 Å². The number of rotatable bonds is 7. The lowest BCUT2D eigenvalue weighted by Gasteiger charge is -2.14. The van der Waals surface area contributed by atoms with E-state index >= 15 is 0 Å². The van der Waals surface area contributed by atoms with E-state index in [0.29, 0.717) is 0 Å². The number of hydrogen-bond donors (Lipinski definition) is 1. The Hall–Kier alpha value is -1.42. The Morgan fingerprint density at radius 2 is 2.16 bits per heavy atom. The molecule has 0 aromatic carbocycles. The molecule has 4 heteroatoms. The normalized spacial score (nSPS) is 13.0. The quantitative estimate of drug-likeness (QED) is 0.832. The molecule has 4 nitrogen and oxygen atoms in total. The first kappa shape index (κ1) is 14.0. The van der Waals surface area contributed by atoms with Crippen LogP contribution < -0.4 is 5.73 Å². The molecule has 0 saturated carbocycles. The fourth-order valence-electron chi connectivity index (χ4n) is 2.71. The largest absolute Gasteiger partial charge is 0.330 e. The number of nitrogens with zero attached hydrogens (tertiary/aromatic N) is 3. The number of nitrogens with two attached hydrogens (primary N) is 1. The van der Waals surface area contributed by atoms with Gasteiger partial charge in [0.2, 0.25) is 0 Å². The third-order valence-electron chi connectivity index (χ3n) is 3.80. The average molecular weight is 260 g/mol. The summed E-state index contributed by atoms with van der Waals surface area (Å²) in [5.41, 5.74) is 7.66. The molecule has 0 aliphatic carbocycles. The van der Waals surface area contributed by atoms with Crippen LogP contribution in [0.15, 0.2) is 18.3 Å². The first-order chi connectivity index (χ1) is 9.26. The lowest BCUT2D eigenvalue weighted by molar-refractivity contribution is 0.416. The van der Waals surface area contributed by atoms with Crippen molar-refractivity contribution in [2.24, 2.45) is 18.7 Å². The van der Waals surface area contributed by atoms with Crippen LogP contribution in [0, 0.1) is 5.92 Å². The highest BCUT2D eigenvalue weighted by Gasteiger charge is 2.12. The Balaban J connectivity index is 2.06. The second-order valence-corrected chi connectivity index (χ2v) is 5.20. The minimum absolute atomic E-state index is 0.725. The van der Waals surface area contributed by atoms with Crippen molar-refractivity contribution in [3.8, 4) is 0 Å². The summed E-state index contributed by atoms with van der Waals surface area (Å²) >= 11 is 0. The van der Waals surface area contributed by atoms with Crippen LogP contribution in [0.3, 0.4) is 0 Å². The van der Waals surface area contributed by atoms with Crippen molar-refractivity contribution in [2.45, 2.75) is 39.0 Å². The monoisotopic (exact) mass is 260 g/mol. The summed E-state index contributed by atoms with van der Waals surface area (Å²) in [6.07, 6.45) is 7.59. The van der Waals surface area contributed by atoms with Gasteiger partial charge in [-0.2, -0.15) is 0 Å². The van der Waals surface area contributed by atoms with Crippen LogP contribution in [0.4, 0.5) is 0 Å². The van der Waals surface area contributed by atoms with Gasteiger partial charge in [0.15, 0.2) is 5.65 Å². The molecule has 2 heterocycles. The summed E-state index contributed by atoms with van der Waals surface area (Å²) in [4.78, 5) is 8.94. The average Bonchev–Trinajstić information content (AvgIpc) is 2.74. The number of aryl methyl sites for hydroxylation is 2. The number of hydrogen-bond acceptors (Lipinski definition) is 3. The van der Waals surface area contributed by atoms with Crippen LogP contribution in [0.25, 0.3) is 11.2 Å². The van der Waals surface area contributed by atoms with Crippen LogP contribution in [0.5, 0.6) is 0 Å². The van der Waals surface area contributed by atoms with E-state index in [1.165, 1.54) is 19.3 Å². The van der Waals surface area contributed by atoms with Crippen molar-refractivity contribution in [1.29, 1.82) is 0 Å². The molecule has 0 bridgehead atoms. The van der Waals surface area contributed by atoms with E-state index < -0.39 is 0 Å². The lowest BCUT2D eigenvalue weighted by Crippen LogP contribution is -2.11. The molecule has 0 spiro atoms. The second-order valence-electron chi connectivity index (χ2n) is 5.20. The van der Waals surface area contributed by atoms with E-state index in [2.05, 4.69) is 34.6 Å². The SMILES string of the molecule is CCCC(CCN)CCc1nc2ncccc2n1C. The van der Waals surface area contributed by atoms with Gasteiger partial charge in [-0.15, -0.1) is 0 Å². The Morgan fingerprint density at radius 1 is 1.32 bits per heavy atom. The molecular weight excluding hydrogens is 236 g/mol. The van der Waals surface area contributed by atoms with E-state index in [1.807, 2.05) is 6.07 Å². The highest BCUT2D eigenvalue weighted by molar-refractivity contribution is 5.71. The fourth-order valence-corrected chi connectivity index (χ4v) is 2.71. The maximum absolute atomic E-state index is 5.69. The minimum atomic E-state index is 0.725. The van der Waals surface area contributed by atoms with Crippen molar-refractivity contribution in [1.82, 2.24) is 14.5 Å². The predicted molar refractivity (Wildman–Crippen MR) is 78.9 cm³/mol. The van der Waals surface area contributed by atoms with Gasteiger partial charge in [-0.25, -0.2) is 9.97 Å². The molecule has 0 amide bonds. The third-order valence-corrected chi connectivity index (χ3v) is 3.80. The van der Waals surface area contributed by atoms with Gasteiger partial charge in [0.1, 0.15) is 5.82 Å². The minimum Gasteiger partial charge on any atom is -0.330 e. The van der Waals surface area contributed by atoms with Crippen molar-refractivity contribution in [2.75, 3.05) is 6.54 Å². The Bertz CT molecular complexity index is 512. The van der Waals surface area contributed by atoms with Gasteiger partial charge in [-0.1, -0.05) is 19.8 Å². The molecule has 2 N–H and O–H groups in total. The van der Waals surface area contributed by atoms with Gasteiger partial charge in [0.05, 0.1) is 5.52 Å². The molecule has 0 saturated heterocycles. The van der Waals surface area contributed by atoms with E-state index in [0.717, 1.165) is 42.3 Å². The maximum Gasteiger partial charge on any atom is 0.177 e. The molecular formula is C15H24N4. The van der Waals surface area contributed by atoms with Crippen molar-refractivity contribution in [3.63, 3.8) is 0 Å². The van der Waals surface area contributed by atoms with E-state index in [-0.39, 0.29) is 0 Å². The molecule has 2 aromatic heterocycles. The standard InChI is InChI=1S/C15H24N4/c1-3-5-12(9-10-16)7-8-14-18-15-13(19(14)2)6-4-11-17-15/h4,6,11-12H,3,5,7-10,16H2,1-2H3. The van der Waals surface area contributed by atoms with Gasteiger partial charge >= 0.3 is 0 Å². The molecule has 2 aromatic rings. The van der Waals surface area contributed by atoms with Crippen molar-refractivity contribution >= 4 is 11.2 Å². The third kappa shape index (κ3) is 3.32. The van der Waals surface area contributed by atoms with Crippen LogP contribution in [0.1, 0.15) is 38.4 Å². The topological polar surface area (TPSA) is 56.7 Å². The smallest absolute Gasteiger partial charge is 0.177 e. The van der Waals surface area contributed by atoms with E-state index in [9.17, 15) is 0 Å². The summed E-state index contributed by atoms with van der Waals surface area (Å²) in [5, 5.41) is 0. The molecule has 2 rings (SSSR count). The number of aromatic nitrogens is 3. The lowest BCUT2D eigenvalue weighted by atomic mass is 9.94. The molecule has 0 radical (unpaired) electrons. The highest BCUT2D eigenvalue weighted by atomic mass is 15.1. The summed E-state index contributed by atoms with van der Waals surface area (Å²) in [5.74, 6) is 1.86. The zero-order valence-corrected chi connectivity index (χ0v) is 12.0. The molecule has 0 fully saturated rings. The first-order valence-electron chi connectivity index (χ1n) is 7.22. The summed E-state index contributed by atoms with van der Waals surface area (Å²) in [7, 11) is 2.07. The maximum atomic E-state index is 5.69. The van der Waals surface area contributed by atoms with Gasteiger partial charge in [0, 0.05) is 19.7 Å². The number of pyridine rings is 1. The Morgan fingerprint density at radius 3 is 2.84 bits per heavy atom. The molecule has 0 aliphatic heterocycles. The summed E-state index contributed by atoms with van der Waals surface area (Å²) in [6.45, 7) is 3.03. The molecule has 104 valence electrons. The van der Waals surface area contributed by atoms with Gasteiger partial charge in [-0.3, -0.25) is 0 Å². The number of imidazole rings is 1. The van der Waals surface area contributed by atoms with E-state index in [1.54, 1.807) is 6.20 Å². The van der Waals surface area contributed by atoms with Gasteiger partial charge in [-0.05, 0) is 37.4 Å². The van der Waals surface area contributed by atoms with Gasteiger partial charge in [0.25, 0.3) is 0 Å². The van der Waals surface area contributed by atoms with Crippen LogP contribution in [-0.4, -0.2) is 21.1 Å². The van der Waals surface area contributed by atoms with E-state index in [4.69, 9.17) is 5.73 Å². The summed E-state index contributed by atoms with van der Waals surface area (Å²) < 4.78 is 2.16. The number of fused-ring (bicyclic) bond motifs is 1. The van der Waals surface area contributed by atoms with Crippen molar-refractivity contribution in [3.05, 3.63) is 24.2 Å². The van der Waals surface area contributed by atoms with Crippen LogP contribution in [-0.2, 0) is 13.5 Å². The Kier molecular flexibility index (Phi) is 4.91. The Labute approximate surface area is 115 Å². The zero-order chi connectivity index (χ0) is 13.7. The summed E-state index contributed by atoms with van der Waals surface area (Å²) in [6, 6.07) is 4.03. The fraction of sp³-hybridized carbons (Fsp3) is 0.600. The molecule has 19 heavy (non-hydrogen) atoms. The zero-order valence-electron chi connectivity index (χ0n) is 12.0. The van der Waals surface area contributed by atoms with Crippen LogP contribution >= 0.6 is 0 Å². The molecule has 0 aliphatic rings.